The molecule has 6 heteroatoms. The molecule has 0 saturated heterocycles. The number of aliphatic hydroxyl groups excluding tert-OH is 1. The van der Waals surface area contributed by atoms with E-state index in [1.54, 1.807) is 30.3 Å². The van der Waals surface area contributed by atoms with Crippen molar-refractivity contribution in [2.45, 2.75) is 13.0 Å². The molecule has 0 aromatic heterocycles. The van der Waals surface area contributed by atoms with Crippen LogP contribution in [0.4, 0.5) is 10.1 Å². The van der Waals surface area contributed by atoms with Crippen LogP contribution in [0.15, 0.2) is 59.9 Å². The summed E-state index contributed by atoms with van der Waals surface area (Å²) < 4.78 is 19.4. The first-order chi connectivity index (χ1) is 12.0. The molecule has 25 heavy (non-hydrogen) atoms. The van der Waals surface area contributed by atoms with Gasteiger partial charge in [0.25, 0.3) is 5.91 Å². The summed E-state index contributed by atoms with van der Waals surface area (Å²) in [6.45, 7) is 1.26. The number of rotatable bonds is 4. The Hall–Kier alpha value is -3.15. The predicted octanol–water partition coefficient (Wildman–Crippen LogP) is 3.32. The van der Waals surface area contributed by atoms with Gasteiger partial charge in [0, 0.05) is 0 Å². The molecule has 0 aliphatic carbocycles. The molecule has 128 valence electrons. The van der Waals surface area contributed by atoms with Crippen molar-refractivity contribution in [3.05, 3.63) is 71.2 Å². The van der Waals surface area contributed by atoms with E-state index in [1.807, 2.05) is 0 Å². The monoisotopic (exact) mass is 341 g/mol. The number of ether oxygens (including phenoxy) is 1. The minimum absolute atomic E-state index is 0.00359. The molecule has 0 fully saturated rings. The Morgan fingerprint density at radius 1 is 1.16 bits per heavy atom. The summed E-state index contributed by atoms with van der Waals surface area (Å²) in [5.41, 5.74) is 0.501. The predicted molar refractivity (Wildman–Crippen MR) is 90.0 cm³/mol. The molecule has 1 aliphatic rings. The number of hydrogen-bond donors (Lipinski definition) is 1. The van der Waals surface area contributed by atoms with Crippen LogP contribution in [0.25, 0.3) is 0 Å². The second kappa shape index (κ2) is 6.39. The highest BCUT2D eigenvalue weighted by molar-refractivity contribution is 6.16. The van der Waals surface area contributed by atoms with Crippen LogP contribution < -0.4 is 9.64 Å². The third kappa shape index (κ3) is 2.76. The lowest BCUT2D eigenvalue weighted by Crippen LogP contribution is -2.31. The van der Waals surface area contributed by atoms with Crippen molar-refractivity contribution in [1.29, 1.82) is 0 Å². The summed E-state index contributed by atoms with van der Waals surface area (Å²) in [6.07, 6.45) is 0. The molecule has 0 unspecified atom stereocenters. The van der Waals surface area contributed by atoms with Crippen molar-refractivity contribution < 1.29 is 23.8 Å². The number of ketones is 1. The number of Topliss-reactive ketones (excluding diaryl/α,β-unsaturated/α-hetero) is 1. The molecule has 2 aromatic carbocycles. The minimum Gasteiger partial charge on any atom is -0.503 e. The first kappa shape index (κ1) is 16.7. The number of aliphatic hydroxyl groups is 1. The van der Waals surface area contributed by atoms with Crippen LogP contribution in [0.1, 0.15) is 18.5 Å². The van der Waals surface area contributed by atoms with E-state index < -0.39 is 29.3 Å². The lowest BCUT2D eigenvalue weighted by atomic mass is 9.96. The number of benzene rings is 2. The van der Waals surface area contributed by atoms with Crippen molar-refractivity contribution in [2.24, 2.45) is 0 Å². The summed E-state index contributed by atoms with van der Waals surface area (Å²) in [7, 11) is 1.52. The largest absolute Gasteiger partial charge is 0.503 e. The Morgan fingerprint density at radius 2 is 1.80 bits per heavy atom. The van der Waals surface area contributed by atoms with E-state index >= 15 is 0 Å². The molecule has 0 radical (unpaired) electrons. The number of amides is 1. The maximum atomic E-state index is 14.3. The number of hydrogen-bond acceptors (Lipinski definition) is 4. The molecule has 1 N–H and O–H groups in total. The van der Waals surface area contributed by atoms with E-state index in [0.717, 1.165) is 4.90 Å². The van der Waals surface area contributed by atoms with Gasteiger partial charge in [-0.25, -0.2) is 4.39 Å². The number of para-hydroxylation sites is 1. The Morgan fingerprint density at radius 3 is 2.36 bits per heavy atom. The summed E-state index contributed by atoms with van der Waals surface area (Å²) in [4.78, 5) is 25.7. The van der Waals surface area contributed by atoms with Crippen LogP contribution in [0, 0.1) is 5.82 Å². The van der Waals surface area contributed by atoms with Gasteiger partial charge in [-0.05, 0) is 36.8 Å². The topological polar surface area (TPSA) is 66.8 Å². The van der Waals surface area contributed by atoms with E-state index in [0.29, 0.717) is 11.3 Å². The first-order valence-electron chi connectivity index (χ1n) is 7.61. The second-order valence-corrected chi connectivity index (χ2v) is 5.62. The Bertz CT molecular complexity index is 873. The maximum absolute atomic E-state index is 14.3. The average molecular weight is 341 g/mol. The molecule has 0 bridgehead atoms. The lowest BCUT2D eigenvalue weighted by Gasteiger charge is -2.27. The van der Waals surface area contributed by atoms with Crippen molar-refractivity contribution in [3.8, 4) is 5.75 Å². The molecular weight excluding hydrogens is 325 g/mol. The van der Waals surface area contributed by atoms with E-state index in [2.05, 4.69) is 0 Å². The SMILES string of the molecule is COc1ccc([C@H]2C(C(C)=O)=C(O)C(=O)N2c2ccccc2F)cc1. The third-order valence-corrected chi connectivity index (χ3v) is 4.13. The average Bonchev–Trinajstić information content (AvgIpc) is 2.87. The lowest BCUT2D eigenvalue weighted by molar-refractivity contribution is -0.117. The van der Waals surface area contributed by atoms with Crippen molar-refractivity contribution >= 4 is 17.4 Å². The number of carbonyl (C=O) groups excluding carboxylic acids is 2. The summed E-state index contributed by atoms with van der Waals surface area (Å²) in [5, 5.41) is 10.2. The molecular formula is C19H16FNO4. The first-order valence-corrected chi connectivity index (χ1v) is 7.61. The Balaban J connectivity index is 2.18. The van der Waals surface area contributed by atoms with Gasteiger partial charge in [-0.2, -0.15) is 0 Å². The van der Waals surface area contributed by atoms with Gasteiger partial charge in [-0.1, -0.05) is 24.3 Å². The zero-order valence-corrected chi connectivity index (χ0v) is 13.7. The number of carbonyl (C=O) groups is 2. The second-order valence-electron chi connectivity index (χ2n) is 5.62. The molecule has 1 amide bonds. The molecule has 2 aromatic rings. The van der Waals surface area contributed by atoms with Crippen LogP contribution in [-0.4, -0.2) is 23.9 Å². The standard InChI is InChI=1S/C19H16FNO4/c1-11(22)16-17(12-7-9-13(25-2)10-8-12)21(19(24)18(16)23)15-6-4-3-5-14(15)20/h3-10,17,23H,1-2H3/t17-/m0/s1. The van der Waals surface area contributed by atoms with Crippen LogP contribution >= 0.6 is 0 Å². The number of methoxy groups -OCH3 is 1. The Labute approximate surface area is 144 Å². The van der Waals surface area contributed by atoms with E-state index in [1.165, 1.54) is 32.2 Å². The smallest absolute Gasteiger partial charge is 0.294 e. The molecule has 5 nitrogen and oxygen atoms in total. The van der Waals surface area contributed by atoms with Crippen molar-refractivity contribution in [3.63, 3.8) is 0 Å². The van der Waals surface area contributed by atoms with Gasteiger partial charge in [0.2, 0.25) is 0 Å². The quantitative estimate of drug-likeness (QED) is 0.926. The van der Waals surface area contributed by atoms with E-state index in [9.17, 15) is 19.1 Å². The van der Waals surface area contributed by atoms with Gasteiger partial charge in [0.05, 0.1) is 24.4 Å². The van der Waals surface area contributed by atoms with E-state index in [-0.39, 0.29) is 11.3 Å². The van der Waals surface area contributed by atoms with Gasteiger partial charge in [-0.3, -0.25) is 14.5 Å². The van der Waals surface area contributed by atoms with Crippen LogP contribution in [0.2, 0.25) is 0 Å². The molecule has 1 aliphatic heterocycles. The maximum Gasteiger partial charge on any atom is 0.294 e. The van der Waals surface area contributed by atoms with Crippen molar-refractivity contribution in [1.82, 2.24) is 0 Å². The highest BCUT2D eigenvalue weighted by Crippen LogP contribution is 2.41. The Kier molecular flexibility index (Phi) is 4.27. The molecule has 3 rings (SSSR count). The fourth-order valence-electron chi connectivity index (χ4n) is 2.96. The van der Waals surface area contributed by atoms with Gasteiger partial charge < -0.3 is 9.84 Å². The van der Waals surface area contributed by atoms with Crippen LogP contribution in [-0.2, 0) is 9.59 Å². The fraction of sp³-hybridized carbons (Fsp3) is 0.158. The third-order valence-electron chi connectivity index (χ3n) is 4.13. The van der Waals surface area contributed by atoms with E-state index in [4.69, 9.17) is 4.74 Å². The minimum atomic E-state index is -0.909. The zero-order chi connectivity index (χ0) is 18.1. The van der Waals surface area contributed by atoms with Crippen molar-refractivity contribution in [2.75, 3.05) is 12.0 Å². The molecule has 1 atom stereocenters. The summed E-state index contributed by atoms with van der Waals surface area (Å²) >= 11 is 0. The van der Waals surface area contributed by atoms with Gasteiger partial charge >= 0.3 is 0 Å². The number of anilines is 1. The van der Waals surface area contributed by atoms with Gasteiger partial charge in [-0.15, -0.1) is 0 Å². The molecule has 0 saturated carbocycles. The number of nitrogens with zero attached hydrogens (tertiary/aromatic N) is 1. The molecule has 1 heterocycles. The highest BCUT2D eigenvalue weighted by atomic mass is 19.1. The van der Waals surface area contributed by atoms with Gasteiger partial charge in [0.15, 0.2) is 11.5 Å². The molecule has 0 spiro atoms. The number of halogens is 1. The normalized spacial score (nSPS) is 17.2. The zero-order valence-electron chi connectivity index (χ0n) is 13.7. The summed E-state index contributed by atoms with van der Waals surface area (Å²) in [6, 6.07) is 11.5. The summed E-state index contributed by atoms with van der Waals surface area (Å²) in [5.74, 6) is -1.94. The highest BCUT2D eigenvalue weighted by Gasteiger charge is 2.44. The fourth-order valence-corrected chi connectivity index (χ4v) is 2.96. The van der Waals surface area contributed by atoms with Gasteiger partial charge in [0.1, 0.15) is 11.6 Å². The van der Waals surface area contributed by atoms with Crippen LogP contribution in [0.3, 0.4) is 0 Å². The van der Waals surface area contributed by atoms with Crippen LogP contribution in [0.5, 0.6) is 5.75 Å².